The van der Waals surface area contributed by atoms with Crippen molar-refractivity contribution in [2.75, 3.05) is 0 Å². The number of amides is 1. The van der Waals surface area contributed by atoms with E-state index in [0.717, 1.165) is 5.69 Å². The minimum atomic E-state index is -1.10. The number of halogens is 1. The van der Waals surface area contributed by atoms with Crippen LogP contribution in [0.2, 0.25) is 0 Å². The third-order valence-corrected chi connectivity index (χ3v) is 3.04. The number of carbonyl (C=O) groups is 1. The molecule has 0 saturated heterocycles. The second-order valence-electron chi connectivity index (χ2n) is 5.82. The topological polar surface area (TPSA) is 67.2 Å². The second-order valence-corrected chi connectivity index (χ2v) is 5.82. The van der Waals surface area contributed by atoms with Crippen molar-refractivity contribution in [3.05, 3.63) is 47.5 Å². The summed E-state index contributed by atoms with van der Waals surface area (Å²) in [6.45, 7) is 6.21. The summed E-state index contributed by atoms with van der Waals surface area (Å²) in [5.74, 6) is -0.327. The van der Waals surface area contributed by atoms with E-state index in [0.29, 0.717) is 11.4 Å². The van der Waals surface area contributed by atoms with Crippen LogP contribution in [0.15, 0.2) is 30.3 Å². The van der Waals surface area contributed by atoms with Crippen molar-refractivity contribution in [2.24, 2.45) is 0 Å². The highest BCUT2D eigenvalue weighted by atomic mass is 19.1. The van der Waals surface area contributed by atoms with Crippen LogP contribution in [0.3, 0.4) is 0 Å². The van der Waals surface area contributed by atoms with Gasteiger partial charge in [-0.2, -0.15) is 5.10 Å². The monoisotopic (exact) mass is 291 g/mol. The SMILES string of the molecule is CC(C)(C)c1cc(CNC(=O)O)n(-c2ccc(F)cc2)n1. The molecule has 112 valence electrons. The van der Waals surface area contributed by atoms with Gasteiger partial charge in [0.2, 0.25) is 0 Å². The summed E-state index contributed by atoms with van der Waals surface area (Å²) in [5, 5.41) is 15.6. The standard InChI is InChI=1S/C15H18FN3O2/c1-15(2,3)13-8-12(9-17-14(20)21)19(18-13)11-6-4-10(16)5-7-11/h4-8,17H,9H2,1-3H3,(H,20,21). The second kappa shape index (κ2) is 5.55. The molecule has 1 aromatic carbocycles. The molecular formula is C15H18FN3O2. The quantitative estimate of drug-likeness (QED) is 0.913. The number of rotatable bonds is 3. The summed E-state index contributed by atoms with van der Waals surface area (Å²) in [4.78, 5) is 10.7. The first-order chi connectivity index (χ1) is 9.77. The molecule has 6 heteroatoms. The van der Waals surface area contributed by atoms with Crippen molar-refractivity contribution in [3.63, 3.8) is 0 Å². The van der Waals surface area contributed by atoms with E-state index >= 15 is 0 Å². The Labute approximate surface area is 122 Å². The summed E-state index contributed by atoms with van der Waals surface area (Å²) >= 11 is 0. The maximum absolute atomic E-state index is 13.0. The minimum Gasteiger partial charge on any atom is -0.465 e. The lowest BCUT2D eigenvalue weighted by molar-refractivity contribution is 0.193. The first kappa shape index (κ1) is 15.0. The van der Waals surface area contributed by atoms with E-state index in [1.165, 1.54) is 12.1 Å². The minimum absolute atomic E-state index is 0.135. The van der Waals surface area contributed by atoms with E-state index in [1.54, 1.807) is 16.8 Å². The molecule has 21 heavy (non-hydrogen) atoms. The molecule has 0 aliphatic carbocycles. The largest absolute Gasteiger partial charge is 0.465 e. The van der Waals surface area contributed by atoms with Crippen LogP contribution in [0.4, 0.5) is 9.18 Å². The zero-order chi connectivity index (χ0) is 15.6. The fraction of sp³-hybridized carbons (Fsp3) is 0.333. The van der Waals surface area contributed by atoms with Gasteiger partial charge in [-0.1, -0.05) is 20.8 Å². The Morgan fingerprint density at radius 1 is 1.33 bits per heavy atom. The summed E-state index contributed by atoms with van der Waals surface area (Å²) < 4.78 is 14.7. The maximum Gasteiger partial charge on any atom is 0.404 e. The average molecular weight is 291 g/mol. The van der Waals surface area contributed by atoms with E-state index in [9.17, 15) is 9.18 Å². The van der Waals surface area contributed by atoms with Crippen LogP contribution in [-0.4, -0.2) is 21.0 Å². The number of benzene rings is 1. The molecule has 0 spiro atoms. The van der Waals surface area contributed by atoms with Crippen LogP contribution in [-0.2, 0) is 12.0 Å². The van der Waals surface area contributed by atoms with Gasteiger partial charge < -0.3 is 10.4 Å². The molecule has 2 N–H and O–H groups in total. The summed E-state index contributed by atoms with van der Waals surface area (Å²) in [5.41, 5.74) is 2.07. The first-order valence-electron chi connectivity index (χ1n) is 6.59. The number of hydrogen-bond acceptors (Lipinski definition) is 2. The van der Waals surface area contributed by atoms with Gasteiger partial charge in [0, 0.05) is 5.41 Å². The molecule has 0 aliphatic heterocycles. The van der Waals surface area contributed by atoms with Crippen molar-refractivity contribution in [1.82, 2.24) is 15.1 Å². The maximum atomic E-state index is 13.0. The summed E-state index contributed by atoms with van der Waals surface area (Å²) in [6, 6.07) is 7.78. The van der Waals surface area contributed by atoms with Gasteiger partial charge in [0.15, 0.2) is 0 Å². The predicted molar refractivity (Wildman–Crippen MR) is 77.1 cm³/mol. The van der Waals surface area contributed by atoms with E-state index in [-0.39, 0.29) is 17.8 Å². The molecule has 0 aliphatic rings. The average Bonchev–Trinajstić information content (AvgIpc) is 2.81. The molecular weight excluding hydrogens is 273 g/mol. The molecule has 1 amide bonds. The first-order valence-corrected chi connectivity index (χ1v) is 6.59. The molecule has 0 radical (unpaired) electrons. The normalized spacial score (nSPS) is 11.4. The lowest BCUT2D eigenvalue weighted by atomic mass is 9.92. The lowest BCUT2D eigenvalue weighted by Gasteiger charge is -2.14. The molecule has 0 saturated carbocycles. The third kappa shape index (κ3) is 3.59. The molecule has 2 aromatic rings. The van der Waals surface area contributed by atoms with E-state index in [4.69, 9.17) is 5.11 Å². The zero-order valence-electron chi connectivity index (χ0n) is 12.2. The number of nitrogens with one attached hydrogen (secondary N) is 1. The molecule has 0 unspecified atom stereocenters. The fourth-order valence-corrected chi connectivity index (χ4v) is 1.88. The highest BCUT2D eigenvalue weighted by molar-refractivity contribution is 5.64. The van der Waals surface area contributed by atoms with Crippen molar-refractivity contribution < 1.29 is 14.3 Å². The van der Waals surface area contributed by atoms with Crippen molar-refractivity contribution in [1.29, 1.82) is 0 Å². The van der Waals surface area contributed by atoms with Gasteiger partial charge in [-0.3, -0.25) is 0 Å². The molecule has 1 aromatic heterocycles. The van der Waals surface area contributed by atoms with Crippen LogP contribution in [0.5, 0.6) is 0 Å². The Morgan fingerprint density at radius 2 is 1.95 bits per heavy atom. The van der Waals surface area contributed by atoms with Gasteiger partial charge in [-0.05, 0) is 30.3 Å². The van der Waals surface area contributed by atoms with Crippen LogP contribution in [0.1, 0.15) is 32.2 Å². The smallest absolute Gasteiger partial charge is 0.404 e. The summed E-state index contributed by atoms with van der Waals surface area (Å²) in [6.07, 6.45) is -1.10. The van der Waals surface area contributed by atoms with Crippen molar-refractivity contribution in [3.8, 4) is 5.69 Å². The Hall–Kier alpha value is -2.37. The molecule has 1 heterocycles. The fourth-order valence-electron chi connectivity index (χ4n) is 1.88. The van der Waals surface area contributed by atoms with Gasteiger partial charge in [0.05, 0.1) is 23.6 Å². The highest BCUT2D eigenvalue weighted by Crippen LogP contribution is 2.23. The van der Waals surface area contributed by atoms with Gasteiger partial charge in [-0.25, -0.2) is 13.9 Å². The summed E-state index contributed by atoms with van der Waals surface area (Å²) in [7, 11) is 0. The van der Waals surface area contributed by atoms with Gasteiger partial charge in [0.25, 0.3) is 0 Å². The van der Waals surface area contributed by atoms with E-state index in [1.807, 2.05) is 26.8 Å². The van der Waals surface area contributed by atoms with Crippen LogP contribution < -0.4 is 5.32 Å². The van der Waals surface area contributed by atoms with E-state index in [2.05, 4.69) is 10.4 Å². The van der Waals surface area contributed by atoms with E-state index < -0.39 is 6.09 Å². The Kier molecular flexibility index (Phi) is 3.97. The number of hydrogen-bond donors (Lipinski definition) is 2. The number of carboxylic acid groups (broad SMARTS) is 1. The van der Waals surface area contributed by atoms with Crippen LogP contribution in [0.25, 0.3) is 5.69 Å². The van der Waals surface area contributed by atoms with Crippen molar-refractivity contribution in [2.45, 2.75) is 32.7 Å². The van der Waals surface area contributed by atoms with Crippen LogP contribution >= 0.6 is 0 Å². The molecule has 0 atom stereocenters. The van der Waals surface area contributed by atoms with Crippen LogP contribution in [0, 0.1) is 5.82 Å². The molecule has 0 fully saturated rings. The Morgan fingerprint density at radius 3 is 2.48 bits per heavy atom. The lowest BCUT2D eigenvalue weighted by Crippen LogP contribution is -2.21. The predicted octanol–water partition coefficient (Wildman–Crippen LogP) is 3.08. The highest BCUT2D eigenvalue weighted by Gasteiger charge is 2.20. The van der Waals surface area contributed by atoms with Gasteiger partial charge in [0.1, 0.15) is 5.82 Å². The van der Waals surface area contributed by atoms with Crippen molar-refractivity contribution >= 4 is 6.09 Å². The molecule has 5 nitrogen and oxygen atoms in total. The number of nitrogens with zero attached hydrogens (tertiary/aromatic N) is 2. The Balaban J connectivity index is 2.43. The zero-order valence-corrected chi connectivity index (χ0v) is 12.2. The molecule has 0 bridgehead atoms. The Bertz CT molecular complexity index is 642. The van der Waals surface area contributed by atoms with Gasteiger partial charge in [-0.15, -0.1) is 0 Å². The third-order valence-electron chi connectivity index (χ3n) is 3.04. The van der Waals surface area contributed by atoms with Gasteiger partial charge >= 0.3 is 6.09 Å². The molecule has 2 rings (SSSR count). The number of aromatic nitrogens is 2.